The quantitative estimate of drug-likeness (QED) is 0.327. The highest BCUT2D eigenvalue weighted by Crippen LogP contribution is 2.33. The van der Waals surface area contributed by atoms with Gasteiger partial charge in [-0.25, -0.2) is 14.4 Å². The molecule has 0 saturated carbocycles. The van der Waals surface area contributed by atoms with E-state index < -0.39 is 23.7 Å². The van der Waals surface area contributed by atoms with Crippen LogP contribution in [0.5, 0.6) is 5.75 Å². The summed E-state index contributed by atoms with van der Waals surface area (Å²) in [6.07, 6.45) is 2.82. The molecule has 2 aromatic carbocycles. The lowest BCUT2D eigenvalue weighted by molar-refractivity contribution is -0.137. The number of hydrogen-bond acceptors (Lipinski definition) is 6. The molecule has 3 aromatic rings. The van der Waals surface area contributed by atoms with Crippen LogP contribution in [0.4, 0.5) is 4.79 Å². The third-order valence-corrected chi connectivity index (χ3v) is 5.83. The minimum atomic E-state index is -1.08. The predicted octanol–water partition coefficient (Wildman–Crippen LogP) is 5.15. The van der Waals surface area contributed by atoms with Gasteiger partial charge in [0, 0.05) is 16.5 Å². The van der Waals surface area contributed by atoms with Gasteiger partial charge in [0.05, 0.1) is 0 Å². The Labute approximate surface area is 198 Å². The van der Waals surface area contributed by atoms with Gasteiger partial charge in [-0.05, 0) is 76.6 Å². The maximum absolute atomic E-state index is 13.2. The molecular formula is C27H29NO6. The minimum absolute atomic E-state index is 0.267. The van der Waals surface area contributed by atoms with Gasteiger partial charge in [0.1, 0.15) is 16.9 Å². The van der Waals surface area contributed by atoms with Crippen molar-refractivity contribution < 1.29 is 23.5 Å². The number of hydrogen-bond donors (Lipinski definition) is 1. The fourth-order valence-electron chi connectivity index (χ4n) is 4.25. The lowest BCUT2D eigenvalue weighted by atomic mass is 9.90. The van der Waals surface area contributed by atoms with Crippen LogP contribution in [0.2, 0.25) is 0 Å². The lowest BCUT2D eigenvalue weighted by Gasteiger charge is -2.23. The summed E-state index contributed by atoms with van der Waals surface area (Å²) in [4.78, 5) is 38.2. The maximum Gasteiger partial charge on any atom is 0.408 e. The van der Waals surface area contributed by atoms with Crippen molar-refractivity contribution in [3.63, 3.8) is 0 Å². The molecule has 7 heteroatoms. The van der Waals surface area contributed by atoms with Crippen molar-refractivity contribution in [2.24, 2.45) is 0 Å². The van der Waals surface area contributed by atoms with Crippen LogP contribution in [-0.2, 0) is 22.4 Å². The van der Waals surface area contributed by atoms with Crippen molar-refractivity contribution in [2.75, 3.05) is 0 Å². The van der Waals surface area contributed by atoms with Crippen molar-refractivity contribution in [1.82, 2.24) is 5.32 Å². The minimum Gasteiger partial charge on any atom is -0.444 e. The Morgan fingerprint density at radius 3 is 2.35 bits per heavy atom. The van der Waals surface area contributed by atoms with Crippen LogP contribution in [0.15, 0.2) is 51.7 Å². The summed E-state index contributed by atoms with van der Waals surface area (Å²) in [5.41, 5.74) is 2.24. The topological polar surface area (TPSA) is 94.8 Å². The molecule has 7 nitrogen and oxygen atoms in total. The molecule has 1 amide bonds. The summed E-state index contributed by atoms with van der Waals surface area (Å²) >= 11 is 0. The molecule has 1 aliphatic carbocycles. The van der Waals surface area contributed by atoms with Crippen LogP contribution in [0.1, 0.15) is 61.9 Å². The SMILES string of the molecule is Cc1c(OC(=O)C(NC(=O)OC(C)(C)C)c2ccccc2)ccc2c3c(c(=O)oc12)CCCC3. The van der Waals surface area contributed by atoms with Crippen molar-refractivity contribution in [2.45, 2.75) is 65.0 Å². The summed E-state index contributed by atoms with van der Waals surface area (Å²) < 4.78 is 16.7. The third kappa shape index (κ3) is 4.98. The second-order valence-electron chi connectivity index (χ2n) is 9.53. The van der Waals surface area contributed by atoms with Gasteiger partial charge in [-0.3, -0.25) is 0 Å². The van der Waals surface area contributed by atoms with Crippen molar-refractivity contribution in [3.05, 3.63) is 75.1 Å². The molecule has 1 aromatic heterocycles. The van der Waals surface area contributed by atoms with Gasteiger partial charge in [-0.1, -0.05) is 30.3 Å². The van der Waals surface area contributed by atoms with Crippen LogP contribution in [0, 0.1) is 6.92 Å². The monoisotopic (exact) mass is 463 g/mol. The normalized spacial score (nSPS) is 14.2. The van der Waals surface area contributed by atoms with E-state index >= 15 is 0 Å². The van der Waals surface area contributed by atoms with E-state index in [9.17, 15) is 14.4 Å². The zero-order valence-electron chi connectivity index (χ0n) is 19.9. The highest BCUT2D eigenvalue weighted by molar-refractivity contribution is 5.89. The first kappa shape index (κ1) is 23.5. The summed E-state index contributed by atoms with van der Waals surface area (Å²) in [5.74, 6) is -0.414. The van der Waals surface area contributed by atoms with E-state index in [0.717, 1.165) is 42.2 Å². The fraction of sp³-hybridized carbons (Fsp3) is 0.370. The van der Waals surface area contributed by atoms with Crippen LogP contribution >= 0.6 is 0 Å². The number of nitrogens with one attached hydrogen (secondary N) is 1. The smallest absolute Gasteiger partial charge is 0.408 e. The second-order valence-corrected chi connectivity index (χ2v) is 9.53. The Morgan fingerprint density at radius 1 is 1.00 bits per heavy atom. The van der Waals surface area contributed by atoms with Crippen molar-refractivity contribution in [3.8, 4) is 5.75 Å². The van der Waals surface area contributed by atoms with Gasteiger partial charge < -0.3 is 19.2 Å². The predicted molar refractivity (Wildman–Crippen MR) is 128 cm³/mol. The Morgan fingerprint density at radius 2 is 1.68 bits per heavy atom. The van der Waals surface area contributed by atoms with Crippen LogP contribution < -0.4 is 15.7 Å². The van der Waals surface area contributed by atoms with Gasteiger partial charge in [0.15, 0.2) is 6.04 Å². The van der Waals surface area contributed by atoms with Gasteiger partial charge in [-0.15, -0.1) is 0 Å². The number of alkyl carbamates (subject to hydrolysis) is 1. The molecule has 1 aliphatic rings. The molecule has 1 N–H and O–H groups in total. The molecule has 0 spiro atoms. The van der Waals surface area contributed by atoms with Gasteiger partial charge in [0.25, 0.3) is 0 Å². The molecule has 178 valence electrons. The summed E-state index contributed by atoms with van der Waals surface area (Å²) in [6.45, 7) is 6.98. The number of amides is 1. The number of ether oxygens (including phenoxy) is 2. The van der Waals surface area contributed by atoms with E-state index in [2.05, 4.69) is 5.32 Å². The standard InChI is InChI=1S/C27H29NO6/c1-16-21(15-14-19-18-12-8-9-13-20(18)24(29)33-23(16)19)32-25(30)22(17-10-6-5-7-11-17)28-26(31)34-27(2,3)4/h5-7,10-11,14-15,22H,8-9,12-13H2,1-4H3,(H,28,31). The lowest BCUT2D eigenvalue weighted by Crippen LogP contribution is -2.39. The molecule has 34 heavy (non-hydrogen) atoms. The highest BCUT2D eigenvalue weighted by Gasteiger charge is 2.28. The molecule has 1 heterocycles. The molecule has 1 atom stereocenters. The molecule has 0 fully saturated rings. The van der Waals surface area contributed by atoms with Crippen molar-refractivity contribution in [1.29, 1.82) is 0 Å². The van der Waals surface area contributed by atoms with E-state index in [1.807, 2.05) is 12.1 Å². The first-order chi connectivity index (χ1) is 16.1. The highest BCUT2D eigenvalue weighted by atomic mass is 16.6. The second kappa shape index (κ2) is 9.33. The average molecular weight is 464 g/mol. The molecule has 0 saturated heterocycles. The van der Waals surface area contributed by atoms with Crippen LogP contribution in [0.25, 0.3) is 11.0 Å². The van der Waals surface area contributed by atoms with Crippen molar-refractivity contribution >= 4 is 23.0 Å². The van der Waals surface area contributed by atoms with E-state index in [4.69, 9.17) is 13.9 Å². The molecular weight excluding hydrogens is 434 g/mol. The Bertz CT molecular complexity index is 1290. The zero-order valence-corrected chi connectivity index (χ0v) is 19.9. The molecule has 0 aliphatic heterocycles. The molecule has 4 rings (SSSR count). The number of aryl methyl sites for hydroxylation is 2. The van der Waals surface area contributed by atoms with E-state index in [0.29, 0.717) is 16.7 Å². The van der Waals surface area contributed by atoms with Crippen LogP contribution in [0.3, 0.4) is 0 Å². The zero-order chi connectivity index (χ0) is 24.5. The Kier molecular flexibility index (Phi) is 6.46. The summed E-state index contributed by atoms with van der Waals surface area (Å²) in [6, 6.07) is 11.3. The fourth-order valence-corrected chi connectivity index (χ4v) is 4.25. The number of carbonyl (C=O) groups is 2. The van der Waals surface area contributed by atoms with Gasteiger partial charge in [-0.2, -0.15) is 0 Å². The number of carbonyl (C=O) groups excluding carboxylic acids is 2. The molecule has 0 bridgehead atoms. The molecule has 1 unspecified atom stereocenters. The summed E-state index contributed by atoms with van der Waals surface area (Å²) in [5, 5.41) is 3.48. The largest absolute Gasteiger partial charge is 0.444 e. The van der Waals surface area contributed by atoms with E-state index in [-0.39, 0.29) is 11.4 Å². The first-order valence-electron chi connectivity index (χ1n) is 11.5. The number of fused-ring (bicyclic) bond motifs is 3. The number of benzene rings is 2. The maximum atomic E-state index is 13.2. The third-order valence-electron chi connectivity index (χ3n) is 5.83. The Balaban J connectivity index is 1.66. The Hall–Kier alpha value is -3.61. The van der Waals surface area contributed by atoms with Gasteiger partial charge in [0.2, 0.25) is 0 Å². The molecule has 0 radical (unpaired) electrons. The first-order valence-corrected chi connectivity index (χ1v) is 11.5. The van der Waals surface area contributed by atoms with Crippen LogP contribution in [-0.4, -0.2) is 17.7 Å². The van der Waals surface area contributed by atoms with E-state index in [1.54, 1.807) is 58.0 Å². The number of esters is 1. The summed E-state index contributed by atoms with van der Waals surface area (Å²) in [7, 11) is 0. The average Bonchev–Trinajstić information content (AvgIpc) is 2.79. The van der Waals surface area contributed by atoms with E-state index in [1.165, 1.54) is 0 Å². The van der Waals surface area contributed by atoms with Gasteiger partial charge >= 0.3 is 17.7 Å². The number of rotatable bonds is 4.